The molecule has 0 unspecified atom stereocenters. The van der Waals surface area contributed by atoms with Crippen LogP contribution in [0.4, 0.5) is 5.82 Å². The molecule has 2 aliphatic heterocycles. The molecule has 1 aromatic heterocycles. The number of nitrogens with one attached hydrogen (secondary N) is 1. The van der Waals surface area contributed by atoms with Crippen molar-refractivity contribution in [1.29, 1.82) is 0 Å². The topological polar surface area (TPSA) is 117 Å². The van der Waals surface area contributed by atoms with Crippen molar-refractivity contribution in [1.82, 2.24) is 25.1 Å². The summed E-state index contributed by atoms with van der Waals surface area (Å²) in [6.45, 7) is 6.79. The molecule has 0 spiro atoms. The number of anilines is 1. The van der Waals surface area contributed by atoms with Gasteiger partial charge in [0.25, 0.3) is 5.91 Å². The Bertz CT molecular complexity index is 1080. The fourth-order valence-electron chi connectivity index (χ4n) is 5.68. The second-order valence-corrected chi connectivity index (χ2v) is 10.8. The highest BCUT2D eigenvalue weighted by Crippen LogP contribution is 2.29. The standard InChI is InChI=1S/C27H37ClN6O3/c28-23-15-18(17-33-9-7-20(8-10-33)34-11-13-37-14-12-34)1-6-22(23)24-16-30-26(29)25(32-24)27(36)31-19-2-4-21(35)5-3-19/h1,6,15-16,19-21,35H,2-5,7-14,17H2,(H2,29,30)(H,31,36). The van der Waals surface area contributed by atoms with Gasteiger partial charge in [0.15, 0.2) is 11.5 Å². The maximum absolute atomic E-state index is 12.9. The number of morpholine rings is 1. The van der Waals surface area contributed by atoms with Crippen LogP contribution in [0.5, 0.6) is 0 Å². The number of nitrogens with zero attached hydrogens (tertiary/aromatic N) is 4. The Kier molecular flexibility index (Phi) is 8.56. The maximum atomic E-state index is 12.9. The summed E-state index contributed by atoms with van der Waals surface area (Å²) < 4.78 is 5.49. The molecular formula is C27H37ClN6O3. The van der Waals surface area contributed by atoms with Crippen LogP contribution in [-0.4, -0.2) is 88.4 Å². The zero-order valence-electron chi connectivity index (χ0n) is 21.2. The van der Waals surface area contributed by atoms with Crippen molar-refractivity contribution in [3.8, 4) is 11.3 Å². The molecule has 0 atom stereocenters. The lowest BCUT2D eigenvalue weighted by Gasteiger charge is -2.40. The Morgan fingerprint density at radius 2 is 1.84 bits per heavy atom. The molecule has 37 heavy (non-hydrogen) atoms. The van der Waals surface area contributed by atoms with E-state index in [0.717, 1.165) is 69.9 Å². The first-order valence-electron chi connectivity index (χ1n) is 13.4. The van der Waals surface area contributed by atoms with Gasteiger partial charge < -0.3 is 20.9 Å². The number of carbonyl (C=O) groups is 1. The van der Waals surface area contributed by atoms with Crippen molar-refractivity contribution in [3.63, 3.8) is 0 Å². The van der Waals surface area contributed by atoms with E-state index in [4.69, 9.17) is 22.1 Å². The first-order chi connectivity index (χ1) is 18.0. The number of piperidine rings is 1. The van der Waals surface area contributed by atoms with Gasteiger partial charge in [-0.25, -0.2) is 9.97 Å². The van der Waals surface area contributed by atoms with Crippen molar-refractivity contribution >= 4 is 23.3 Å². The second kappa shape index (κ2) is 12.0. The van der Waals surface area contributed by atoms with Crippen LogP contribution in [0.3, 0.4) is 0 Å². The third kappa shape index (κ3) is 6.59. The van der Waals surface area contributed by atoms with Crippen molar-refractivity contribution < 1.29 is 14.6 Å². The summed E-state index contributed by atoms with van der Waals surface area (Å²) in [5.74, 6) is -0.258. The van der Waals surface area contributed by atoms with Crippen molar-refractivity contribution in [2.45, 2.75) is 63.3 Å². The molecule has 5 rings (SSSR count). The maximum Gasteiger partial charge on any atom is 0.273 e. The van der Waals surface area contributed by atoms with E-state index in [9.17, 15) is 9.90 Å². The number of nitrogen functional groups attached to an aromatic ring is 1. The molecule has 200 valence electrons. The first-order valence-corrected chi connectivity index (χ1v) is 13.8. The fraction of sp³-hybridized carbons (Fsp3) is 0.593. The predicted molar refractivity (Wildman–Crippen MR) is 143 cm³/mol. The summed E-state index contributed by atoms with van der Waals surface area (Å²) in [7, 11) is 0. The molecule has 2 aromatic rings. The first kappa shape index (κ1) is 26.3. The number of nitrogens with two attached hydrogens (primary N) is 1. The molecule has 0 bridgehead atoms. The van der Waals surface area contributed by atoms with Crippen LogP contribution in [0.1, 0.15) is 54.6 Å². The van der Waals surface area contributed by atoms with Crippen molar-refractivity contribution in [3.05, 3.63) is 40.7 Å². The minimum absolute atomic E-state index is 0.00237. The lowest BCUT2D eigenvalue weighted by Crippen LogP contribution is -2.48. The molecule has 0 radical (unpaired) electrons. The third-order valence-corrected chi connectivity index (χ3v) is 8.20. The number of aliphatic hydroxyl groups excluding tert-OH is 1. The van der Waals surface area contributed by atoms with E-state index in [0.29, 0.717) is 29.6 Å². The number of aromatic nitrogens is 2. The van der Waals surface area contributed by atoms with Crippen LogP contribution < -0.4 is 11.1 Å². The number of aliphatic hydroxyl groups is 1. The molecule has 3 fully saturated rings. The van der Waals surface area contributed by atoms with E-state index in [1.54, 1.807) is 6.20 Å². The summed E-state index contributed by atoms with van der Waals surface area (Å²) >= 11 is 6.69. The molecule has 3 heterocycles. The predicted octanol–water partition coefficient (Wildman–Crippen LogP) is 2.71. The second-order valence-electron chi connectivity index (χ2n) is 10.4. The molecule has 2 saturated heterocycles. The van der Waals surface area contributed by atoms with E-state index in [2.05, 4.69) is 31.2 Å². The molecule has 1 aromatic carbocycles. The van der Waals surface area contributed by atoms with Gasteiger partial charge in [-0.05, 0) is 63.2 Å². The SMILES string of the molecule is Nc1ncc(-c2ccc(CN3CCC(N4CCOCC4)CC3)cc2Cl)nc1C(=O)NC1CCC(O)CC1. The summed E-state index contributed by atoms with van der Waals surface area (Å²) in [5, 5.41) is 13.3. The highest BCUT2D eigenvalue weighted by atomic mass is 35.5. The smallest absolute Gasteiger partial charge is 0.273 e. The minimum atomic E-state index is -0.346. The highest BCUT2D eigenvalue weighted by molar-refractivity contribution is 6.33. The number of rotatable bonds is 6. The van der Waals surface area contributed by atoms with E-state index in [1.165, 1.54) is 12.8 Å². The van der Waals surface area contributed by atoms with E-state index in [1.807, 2.05) is 12.1 Å². The fourth-order valence-corrected chi connectivity index (χ4v) is 5.98. The van der Waals surface area contributed by atoms with Gasteiger partial charge in [-0.2, -0.15) is 0 Å². The van der Waals surface area contributed by atoms with Crippen LogP contribution in [0.2, 0.25) is 5.02 Å². The highest BCUT2D eigenvalue weighted by Gasteiger charge is 2.26. The van der Waals surface area contributed by atoms with E-state index in [-0.39, 0.29) is 29.6 Å². The number of halogens is 1. The monoisotopic (exact) mass is 528 g/mol. The Morgan fingerprint density at radius 1 is 1.11 bits per heavy atom. The number of likely N-dealkylation sites (tertiary alicyclic amines) is 1. The lowest BCUT2D eigenvalue weighted by molar-refractivity contribution is 0.000231. The van der Waals surface area contributed by atoms with Gasteiger partial charge in [-0.3, -0.25) is 14.6 Å². The molecule has 1 amide bonds. The summed E-state index contributed by atoms with van der Waals surface area (Å²) in [6.07, 6.45) is 6.46. The quantitative estimate of drug-likeness (QED) is 0.524. The van der Waals surface area contributed by atoms with Crippen molar-refractivity contribution in [2.75, 3.05) is 45.1 Å². The number of hydrogen-bond acceptors (Lipinski definition) is 8. The van der Waals surface area contributed by atoms with Gasteiger partial charge in [-0.15, -0.1) is 0 Å². The normalized spacial score (nSPS) is 24.2. The summed E-state index contributed by atoms with van der Waals surface area (Å²) in [6, 6.07) is 6.66. The molecule has 1 aliphatic carbocycles. The molecule has 10 heteroatoms. The average molecular weight is 529 g/mol. The minimum Gasteiger partial charge on any atom is -0.393 e. The van der Waals surface area contributed by atoms with Crippen LogP contribution in [0, 0.1) is 0 Å². The number of amides is 1. The third-order valence-electron chi connectivity index (χ3n) is 7.88. The van der Waals surface area contributed by atoms with Crippen LogP contribution in [0.25, 0.3) is 11.3 Å². The van der Waals surface area contributed by atoms with Gasteiger partial charge in [0.05, 0.1) is 36.2 Å². The number of carbonyl (C=O) groups excluding carboxylic acids is 1. The van der Waals surface area contributed by atoms with Gasteiger partial charge in [0.1, 0.15) is 0 Å². The molecule has 4 N–H and O–H groups in total. The molecule has 3 aliphatic rings. The Labute approximate surface area is 223 Å². The molecular weight excluding hydrogens is 492 g/mol. The number of hydrogen-bond donors (Lipinski definition) is 3. The average Bonchev–Trinajstić information content (AvgIpc) is 2.91. The largest absolute Gasteiger partial charge is 0.393 e. The van der Waals surface area contributed by atoms with Gasteiger partial charge in [0.2, 0.25) is 0 Å². The number of benzene rings is 1. The molecule has 9 nitrogen and oxygen atoms in total. The van der Waals surface area contributed by atoms with Gasteiger partial charge in [0, 0.05) is 37.3 Å². The Morgan fingerprint density at radius 3 is 2.54 bits per heavy atom. The zero-order chi connectivity index (χ0) is 25.8. The number of ether oxygens (including phenoxy) is 1. The summed E-state index contributed by atoms with van der Waals surface area (Å²) in [5.41, 5.74) is 8.49. The lowest BCUT2D eigenvalue weighted by atomic mass is 9.93. The summed E-state index contributed by atoms with van der Waals surface area (Å²) in [4.78, 5) is 26.7. The van der Waals surface area contributed by atoms with Crippen LogP contribution in [0.15, 0.2) is 24.4 Å². The van der Waals surface area contributed by atoms with Crippen LogP contribution in [-0.2, 0) is 11.3 Å². The van der Waals surface area contributed by atoms with Gasteiger partial charge >= 0.3 is 0 Å². The zero-order valence-corrected chi connectivity index (χ0v) is 22.0. The molecule has 1 saturated carbocycles. The Balaban J connectivity index is 1.20. The van der Waals surface area contributed by atoms with E-state index >= 15 is 0 Å². The van der Waals surface area contributed by atoms with Crippen molar-refractivity contribution in [2.24, 2.45) is 0 Å². The van der Waals surface area contributed by atoms with Crippen LogP contribution >= 0.6 is 11.6 Å². The van der Waals surface area contributed by atoms with E-state index < -0.39 is 0 Å². The van der Waals surface area contributed by atoms with Gasteiger partial charge in [-0.1, -0.05) is 23.7 Å². The Hall–Kier alpha value is -2.30.